The van der Waals surface area contributed by atoms with E-state index in [9.17, 15) is 49.2 Å². The molecule has 2 heterocycles. The molecule has 0 aromatic carbocycles. The molecule has 0 spiro atoms. The Balaban J connectivity index is -0.0000000628. The van der Waals surface area contributed by atoms with Crippen LogP contribution in [-0.2, 0) is 84.8 Å². The molecule has 2 radical (unpaired) electrons. The minimum absolute atomic E-state index is 0. The van der Waals surface area contributed by atoms with E-state index in [1.165, 1.54) is 0 Å². The maximum absolute atomic E-state index is 10.2. The van der Waals surface area contributed by atoms with Crippen molar-refractivity contribution in [2.24, 2.45) is 0 Å². The topological polar surface area (TPSA) is 496 Å². The van der Waals surface area contributed by atoms with Gasteiger partial charge in [-0.1, -0.05) is 12.2 Å². The van der Waals surface area contributed by atoms with E-state index in [1.54, 1.807) is 24.8 Å². The third-order valence-corrected chi connectivity index (χ3v) is 4.40. The predicted octanol–water partition coefficient (Wildman–Crippen LogP) is -10.5. The molecule has 0 aliphatic rings. The van der Waals surface area contributed by atoms with Crippen LogP contribution < -0.4 is 20.4 Å². The summed E-state index contributed by atoms with van der Waals surface area (Å²) >= 11 is 0. The zero-order valence-electron chi connectivity index (χ0n) is 24.4. The Morgan fingerprint density at radius 1 is 0.562 bits per heavy atom. The number of pyridine rings is 2. The van der Waals surface area contributed by atoms with Gasteiger partial charge in [-0.3, -0.25) is 19.6 Å². The van der Waals surface area contributed by atoms with Gasteiger partial charge in [-0.2, -0.15) is 0 Å². The van der Waals surface area contributed by atoms with Crippen molar-refractivity contribution in [3.05, 3.63) is 60.2 Å². The first-order valence-electron chi connectivity index (χ1n) is 10.7. The molecule has 0 unspecified atom stereocenters. The van der Waals surface area contributed by atoms with Crippen molar-refractivity contribution in [2.45, 2.75) is 36.9 Å². The van der Waals surface area contributed by atoms with E-state index < -0.39 is 72.7 Å². The van der Waals surface area contributed by atoms with Crippen molar-refractivity contribution in [3.63, 3.8) is 0 Å². The van der Waals surface area contributed by atoms with Gasteiger partial charge < -0.3 is 92.9 Å². The number of carboxylic acids is 6. The number of hydrogen-bond acceptors (Lipinski definition) is 14. The predicted molar refractivity (Wildman–Crippen MR) is 148 cm³/mol. The Morgan fingerprint density at radius 2 is 0.792 bits per heavy atom. The minimum atomic E-state index is -2.91. The summed E-state index contributed by atoms with van der Waals surface area (Å²) in [5.41, 5.74) is -3.52. The molecule has 0 saturated heterocycles. The molecule has 24 heteroatoms. The second kappa shape index (κ2) is 32.5. The third kappa shape index (κ3) is 29.0. The first-order valence-corrected chi connectivity index (χ1v) is 10.7. The van der Waals surface area contributed by atoms with Crippen LogP contribution in [0.5, 0.6) is 0 Å². The summed E-state index contributed by atoms with van der Waals surface area (Å²) in [4.78, 5) is 68.2. The third-order valence-electron chi connectivity index (χ3n) is 4.40. The van der Waals surface area contributed by atoms with Crippen LogP contribution in [0.1, 0.15) is 36.8 Å². The number of aromatic nitrogens is 2. The number of carbonyl (C=O) groups excluding carboxylic acids is 4. The van der Waals surface area contributed by atoms with Crippen molar-refractivity contribution in [3.8, 4) is 0 Å². The van der Waals surface area contributed by atoms with Gasteiger partial charge in [0.1, 0.15) is 11.2 Å². The quantitative estimate of drug-likeness (QED) is 0.115. The standard InChI is InChI=1S/C12H10N2.2C6H8O7.2Mn.6H2O/c1(11-3-7-13-8-4-11)2-12-5-9-14-10-6-12;2*7-3(8)1-6(13,5(11)12)2-4(9)10;;;;;;;;/h1-10H;2*13H,1-2H2,(H,7,8)(H,9,10)(H,11,12);;;6*1H2/q;;;2*+2;;;;;;/b2-1+;;;;;;;;;;. The van der Waals surface area contributed by atoms with Crippen LogP contribution >= 0.6 is 0 Å². The maximum Gasteiger partial charge on any atom is 2.00 e. The fourth-order valence-electron chi connectivity index (χ4n) is 2.53. The molecule has 274 valence electrons. The number of rotatable bonds is 12. The number of aliphatic hydroxyl groups is 2. The summed E-state index contributed by atoms with van der Waals surface area (Å²) in [6.07, 6.45) is 6.11. The molecule has 2 aromatic heterocycles. The van der Waals surface area contributed by atoms with Crippen LogP contribution in [0, 0.1) is 0 Å². The van der Waals surface area contributed by atoms with Crippen LogP contribution in [0.4, 0.5) is 0 Å². The van der Waals surface area contributed by atoms with E-state index in [1.807, 2.05) is 24.3 Å². The average Bonchev–Trinajstić information content (AvgIpc) is 2.83. The first kappa shape index (κ1) is 66.1. The molecule has 2 atom stereocenters. The summed E-state index contributed by atoms with van der Waals surface area (Å²) < 4.78 is 0. The van der Waals surface area contributed by atoms with Crippen molar-refractivity contribution >= 4 is 48.0 Å². The van der Waals surface area contributed by atoms with Crippen LogP contribution in [0.25, 0.3) is 12.2 Å². The van der Waals surface area contributed by atoms with Gasteiger partial charge >= 0.3 is 46.1 Å². The van der Waals surface area contributed by atoms with Gasteiger partial charge in [0, 0.05) is 49.6 Å². The minimum Gasteiger partial charge on any atom is -0.550 e. The molecule has 22 nitrogen and oxygen atoms in total. The van der Waals surface area contributed by atoms with Crippen molar-refractivity contribution in [2.75, 3.05) is 0 Å². The first-order chi connectivity index (χ1) is 18.5. The normalized spacial score (nSPS) is 11.0. The molecule has 0 bridgehead atoms. The molecule has 0 fully saturated rings. The maximum atomic E-state index is 10.2. The van der Waals surface area contributed by atoms with Gasteiger partial charge in [0.05, 0.1) is 24.8 Å². The van der Waals surface area contributed by atoms with Crippen LogP contribution in [0.15, 0.2) is 49.1 Å². The average molecular weight is 784 g/mol. The van der Waals surface area contributed by atoms with Gasteiger partial charge in [-0.05, 0) is 35.4 Å². The van der Waals surface area contributed by atoms with Gasteiger partial charge in [0.2, 0.25) is 0 Å². The number of carboxylic acid groups (broad SMARTS) is 6. The zero-order valence-corrected chi connectivity index (χ0v) is 26.8. The molecule has 0 amide bonds. The molecule has 0 saturated carbocycles. The Morgan fingerprint density at radius 3 is 0.958 bits per heavy atom. The molecule has 48 heavy (non-hydrogen) atoms. The van der Waals surface area contributed by atoms with Crippen molar-refractivity contribution in [1.82, 2.24) is 9.97 Å². The van der Waals surface area contributed by atoms with E-state index in [4.69, 9.17) is 20.4 Å². The molecule has 2 rings (SSSR count). The van der Waals surface area contributed by atoms with Gasteiger partial charge in [0.25, 0.3) is 0 Å². The Labute approximate surface area is 291 Å². The molecule has 0 aliphatic heterocycles. The largest absolute Gasteiger partial charge is 2.00 e. The molecular formula is C24H38Mn2N2O20+4. The number of nitrogens with zero attached hydrogens (tertiary/aromatic N) is 2. The summed E-state index contributed by atoms with van der Waals surface area (Å²) in [5, 5.41) is 74.5. The fourth-order valence-corrected chi connectivity index (χ4v) is 2.53. The van der Waals surface area contributed by atoms with Crippen LogP contribution in [0.2, 0.25) is 0 Å². The second-order valence-corrected chi connectivity index (χ2v) is 7.77. The summed E-state index contributed by atoms with van der Waals surface area (Å²) in [5.74, 6) is -11.3. The SMILES string of the molecule is C(=C\c1ccncc1)/c1ccncc1.O.O.O=C([O-])C[C@@](O)(CC(=O)O)C(=O)[O-].O=C([O-])C[C@](O)(CC(=O)O)C(=O)[O-].[Mn+2].[Mn+2].[OH3+].[OH3+].[OH3+].[OH3+]. The summed E-state index contributed by atoms with van der Waals surface area (Å²) in [6, 6.07) is 7.88. The zero-order chi connectivity index (χ0) is 30.9. The Kier molecular flexibility index (Phi) is 44.8. The summed E-state index contributed by atoms with van der Waals surface area (Å²) in [7, 11) is 0. The van der Waals surface area contributed by atoms with E-state index in [2.05, 4.69) is 22.1 Å². The van der Waals surface area contributed by atoms with Crippen molar-refractivity contribution in [1.29, 1.82) is 0 Å². The van der Waals surface area contributed by atoms with E-state index in [-0.39, 0.29) is 67.0 Å². The Bertz CT molecular complexity index is 1090. The van der Waals surface area contributed by atoms with Gasteiger partial charge in [-0.15, -0.1) is 0 Å². The van der Waals surface area contributed by atoms with Crippen LogP contribution in [0.3, 0.4) is 0 Å². The summed E-state index contributed by atoms with van der Waals surface area (Å²) in [6.45, 7) is 0. The van der Waals surface area contributed by atoms with Gasteiger partial charge in [-0.25, -0.2) is 0 Å². The monoisotopic (exact) mass is 784 g/mol. The second-order valence-electron chi connectivity index (χ2n) is 7.77. The number of carbonyl (C=O) groups is 6. The van der Waals surface area contributed by atoms with Crippen molar-refractivity contribution < 1.29 is 137 Å². The fraction of sp³-hybridized carbons (Fsp3) is 0.250. The van der Waals surface area contributed by atoms with E-state index in [0.29, 0.717) is 0 Å². The number of aliphatic carboxylic acids is 6. The molecular weight excluding hydrogens is 746 g/mol. The van der Waals surface area contributed by atoms with E-state index in [0.717, 1.165) is 11.1 Å². The van der Waals surface area contributed by atoms with Crippen LogP contribution in [-0.4, -0.2) is 88.4 Å². The number of hydrogen-bond donors (Lipinski definition) is 4. The molecule has 2 aromatic rings. The van der Waals surface area contributed by atoms with E-state index >= 15 is 0 Å². The smallest absolute Gasteiger partial charge is 0.550 e. The Hall–Kier alpha value is -4.42. The van der Waals surface area contributed by atoms with Gasteiger partial charge in [0.15, 0.2) is 0 Å². The molecule has 0 aliphatic carbocycles. The molecule has 20 N–H and O–H groups in total.